The molecule has 1 aliphatic heterocycles. The third-order valence-electron chi connectivity index (χ3n) is 8.94. The molecular weight excluding hydrogens is 474 g/mol. The first-order chi connectivity index (χ1) is 17.8. The van der Waals surface area contributed by atoms with Gasteiger partial charge in [0.1, 0.15) is 29.3 Å². The third kappa shape index (κ3) is 3.93. The van der Waals surface area contributed by atoms with Gasteiger partial charge in [0.15, 0.2) is 0 Å². The fourth-order valence-corrected chi connectivity index (χ4v) is 7.02. The molecule has 2 bridgehead atoms. The number of amides is 3. The number of aliphatic hydroxyl groups is 1. The number of hydrogen-bond acceptors (Lipinski definition) is 6. The number of fused-ring (bicyclic) bond motifs is 3. The van der Waals surface area contributed by atoms with Crippen LogP contribution in [0.25, 0.3) is 10.9 Å². The molecule has 7 rings (SSSR count). The van der Waals surface area contributed by atoms with Gasteiger partial charge in [-0.2, -0.15) is 5.26 Å². The Kier molecular flexibility index (Phi) is 5.64. The lowest BCUT2D eigenvalue weighted by atomic mass is 9.52. The molecule has 2 heterocycles. The summed E-state index contributed by atoms with van der Waals surface area (Å²) < 4.78 is 5.39. The second kappa shape index (κ2) is 8.77. The summed E-state index contributed by atoms with van der Waals surface area (Å²) in [5, 5.41) is 29.9. The molecule has 10 heteroatoms. The predicted octanol–water partition coefficient (Wildman–Crippen LogP) is 1.56. The number of nitriles is 1. The summed E-state index contributed by atoms with van der Waals surface area (Å²) in [5.41, 5.74) is -0.135. The van der Waals surface area contributed by atoms with E-state index in [1.54, 1.807) is 13.2 Å². The lowest BCUT2D eigenvalue weighted by molar-refractivity contribution is -0.136. The number of ether oxygens (including phenoxy) is 1. The molecule has 10 nitrogen and oxygen atoms in total. The standard InChI is InChI=1S/C27H31N5O5/c1-37-20-4-2-3-17-15(20)10-19(29-17)23(33)30-18(9-13-5-6-13)24(34)32-27(12-28)11-14-7-8-16(27)22-21(14)25(35)31-26(22)36/h2-4,10,13-14,16,18,21-22,25,29,35H,5-9,11H2,1H3,(H,30,33)(H,31,36)(H,32,34)/t14?,16-,18-,21+,22-,25?,27+/m0/s1. The van der Waals surface area contributed by atoms with Gasteiger partial charge < -0.3 is 30.8 Å². The van der Waals surface area contributed by atoms with Crippen molar-refractivity contribution >= 4 is 28.6 Å². The highest BCUT2D eigenvalue weighted by Gasteiger charge is 2.64. The first-order valence-electron chi connectivity index (χ1n) is 13.0. The molecule has 4 saturated carbocycles. The lowest BCUT2D eigenvalue weighted by Gasteiger charge is -2.53. The van der Waals surface area contributed by atoms with Crippen LogP contribution in [0.4, 0.5) is 0 Å². The largest absolute Gasteiger partial charge is 0.496 e. The van der Waals surface area contributed by atoms with E-state index in [0.29, 0.717) is 36.6 Å². The van der Waals surface area contributed by atoms with Crippen molar-refractivity contribution in [2.24, 2.45) is 29.6 Å². The van der Waals surface area contributed by atoms with Crippen molar-refractivity contribution in [1.82, 2.24) is 20.9 Å². The van der Waals surface area contributed by atoms with E-state index in [0.717, 1.165) is 30.2 Å². The van der Waals surface area contributed by atoms with E-state index in [4.69, 9.17) is 4.74 Å². The molecule has 2 aromatic rings. The highest BCUT2D eigenvalue weighted by atomic mass is 16.5. The van der Waals surface area contributed by atoms with E-state index in [9.17, 15) is 24.8 Å². The van der Waals surface area contributed by atoms with E-state index in [2.05, 4.69) is 27.0 Å². The Bertz CT molecular complexity index is 1310. The van der Waals surface area contributed by atoms with Gasteiger partial charge in [-0.25, -0.2) is 0 Å². The summed E-state index contributed by atoms with van der Waals surface area (Å²) >= 11 is 0. The summed E-state index contributed by atoms with van der Waals surface area (Å²) in [6.45, 7) is 0. The van der Waals surface area contributed by atoms with Crippen LogP contribution in [0.15, 0.2) is 24.3 Å². The number of nitrogens with one attached hydrogen (secondary N) is 4. The van der Waals surface area contributed by atoms with Gasteiger partial charge in [0.05, 0.1) is 19.1 Å². The molecule has 5 N–H and O–H groups in total. The highest BCUT2D eigenvalue weighted by molar-refractivity contribution is 6.01. The van der Waals surface area contributed by atoms with E-state index < -0.39 is 35.5 Å². The van der Waals surface area contributed by atoms with Crippen molar-refractivity contribution < 1.29 is 24.2 Å². The molecule has 3 amide bonds. The van der Waals surface area contributed by atoms with Gasteiger partial charge in [-0.05, 0) is 55.7 Å². The number of H-pyrrole nitrogens is 1. The van der Waals surface area contributed by atoms with Crippen molar-refractivity contribution in [1.29, 1.82) is 5.26 Å². The van der Waals surface area contributed by atoms with Gasteiger partial charge in [0.2, 0.25) is 11.8 Å². The number of rotatable bonds is 7. The monoisotopic (exact) mass is 505 g/mol. The number of methoxy groups -OCH3 is 1. The molecule has 2 unspecified atom stereocenters. The molecule has 7 atom stereocenters. The van der Waals surface area contributed by atoms with Crippen molar-refractivity contribution in [3.05, 3.63) is 30.0 Å². The molecule has 1 aromatic heterocycles. The molecule has 1 aromatic carbocycles. The Morgan fingerprint density at radius 1 is 1.30 bits per heavy atom. The molecule has 5 aliphatic rings. The summed E-state index contributed by atoms with van der Waals surface area (Å²) in [6, 6.07) is 8.73. The topological polar surface area (TPSA) is 156 Å². The Morgan fingerprint density at radius 2 is 2.11 bits per heavy atom. The number of hydrogen-bond donors (Lipinski definition) is 5. The second-order valence-corrected chi connectivity index (χ2v) is 11.1. The van der Waals surface area contributed by atoms with Gasteiger partial charge in [-0.15, -0.1) is 0 Å². The summed E-state index contributed by atoms with van der Waals surface area (Å²) in [5.74, 6) is -1.23. The Morgan fingerprint density at radius 3 is 2.84 bits per heavy atom. The minimum absolute atomic E-state index is 0.0401. The molecular formula is C27H31N5O5. The minimum Gasteiger partial charge on any atom is -0.496 e. The van der Waals surface area contributed by atoms with E-state index >= 15 is 0 Å². The smallest absolute Gasteiger partial charge is 0.268 e. The first-order valence-corrected chi connectivity index (χ1v) is 13.0. The van der Waals surface area contributed by atoms with Crippen molar-refractivity contribution in [3.8, 4) is 11.8 Å². The van der Waals surface area contributed by atoms with Crippen LogP contribution >= 0.6 is 0 Å². The Balaban J connectivity index is 1.23. The normalized spacial score (nSPS) is 32.8. The average Bonchev–Trinajstić information content (AvgIpc) is 3.51. The molecule has 4 aliphatic carbocycles. The number of aromatic amines is 1. The fourth-order valence-electron chi connectivity index (χ4n) is 7.02. The second-order valence-electron chi connectivity index (χ2n) is 11.1. The molecule has 194 valence electrons. The quantitative estimate of drug-likeness (QED) is 0.384. The van der Waals surface area contributed by atoms with Gasteiger partial charge in [0.25, 0.3) is 5.91 Å². The maximum absolute atomic E-state index is 13.6. The third-order valence-corrected chi connectivity index (χ3v) is 8.94. The average molecular weight is 506 g/mol. The van der Waals surface area contributed by atoms with Crippen LogP contribution in [-0.2, 0) is 9.59 Å². The number of nitrogens with zero attached hydrogens (tertiary/aromatic N) is 1. The SMILES string of the molecule is COc1cccc2[nH]c(C(=O)N[C@@H](CC3CC3)C(=O)N[C@@]3(C#N)CC4CC[C@H]3[C@@H]3C(=O)NC(O)[C@H]43)cc12. The van der Waals surface area contributed by atoms with Crippen LogP contribution in [0.5, 0.6) is 5.75 Å². The van der Waals surface area contributed by atoms with E-state index in [1.807, 2.05) is 18.2 Å². The van der Waals surface area contributed by atoms with Gasteiger partial charge in [0, 0.05) is 22.7 Å². The zero-order valence-corrected chi connectivity index (χ0v) is 20.6. The van der Waals surface area contributed by atoms with Crippen LogP contribution in [0.1, 0.15) is 49.0 Å². The molecule has 0 spiro atoms. The van der Waals surface area contributed by atoms with Crippen LogP contribution in [0.2, 0.25) is 0 Å². The fraction of sp³-hybridized carbons (Fsp3) is 0.556. The molecule has 0 radical (unpaired) electrons. The predicted molar refractivity (Wildman–Crippen MR) is 132 cm³/mol. The van der Waals surface area contributed by atoms with Gasteiger partial charge >= 0.3 is 0 Å². The van der Waals surface area contributed by atoms with Crippen LogP contribution in [0.3, 0.4) is 0 Å². The Labute approximate surface area is 214 Å². The van der Waals surface area contributed by atoms with Crippen molar-refractivity contribution in [3.63, 3.8) is 0 Å². The van der Waals surface area contributed by atoms with Crippen molar-refractivity contribution in [2.75, 3.05) is 7.11 Å². The zero-order valence-electron chi connectivity index (χ0n) is 20.6. The van der Waals surface area contributed by atoms with Crippen LogP contribution in [-0.4, -0.2) is 52.7 Å². The molecule has 37 heavy (non-hydrogen) atoms. The maximum atomic E-state index is 13.6. The van der Waals surface area contributed by atoms with Crippen LogP contribution in [0, 0.1) is 40.9 Å². The van der Waals surface area contributed by atoms with Crippen molar-refractivity contribution in [2.45, 2.75) is 56.3 Å². The van der Waals surface area contributed by atoms with E-state index in [-0.39, 0.29) is 23.7 Å². The number of benzene rings is 1. The van der Waals surface area contributed by atoms with Gasteiger partial charge in [-0.1, -0.05) is 18.9 Å². The molecule has 1 saturated heterocycles. The summed E-state index contributed by atoms with van der Waals surface area (Å²) in [4.78, 5) is 42.6. The summed E-state index contributed by atoms with van der Waals surface area (Å²) in [6.07, 6.45) is 3.41. The highest BCUT2D eigenvalue weighted by Crippen LogP contribution is 2.56. The number of carbonyl (C=O) groups excluding carboxylic acids is 3. The van der Waals surface area contributed by atoms with Gasteiger partial charge in [-0.3, -0.25) is 14.4 Å². The molecule has 5 fully saturated rings. The lowest BCUT2D eigenvalue weighted by Crippen LogP contribution is -2.66. The Hall–Kier alpha value is -3.58. The zero-order chi connectivity index (χ0) is 25.9. The number of aromatic nitrogens is 1. The minimum atomic E-state index is -1.20. The summed E-state index contributed by atoms with van der Waals surface area (Å²) in [7, 11) is 1.57. The maximum Gasteiger partial charge on any atom is 0.268 e. The number of aliphatic hydroxyl groups excluding tert-OH is 1. The van der Waals surface area contributed by atoms with Crippen LogP contribution < -0.4 is 20.7 Å². The first kappa shape index (κ1) is 23.8. The number of carbonyl (C=O) groups is 3. The van der Waals surface area contributed by atoms with E-state index in [1.165, 1.54) is 0 Å².